The molecule has 2 aromatic heterocycles. The van der Waals surface area contributed by atoms with Crippen molar-refractivity contribution in [1.29, 1.82) is 5.41 Å². The van der Waals surface area contributed by atoms with Gasteiger partial charge < -0.3 is 11.1 Å². The summed E-state index contributed by atoms with van der Waals surface area (Å²) in [4.78, 5) is 20.8. The maximum atomic E-state index is 12.8. The molecule has 1 fully saturated rings. The summed E-state index contributed by atoms with van der Waals surface area (Å²) < 4.78 is 1.78. The van der Waals surface area contributed by atoms with Gasteiger partial charge in [0.25, 0.3) is 5.91 Å². The zero-order valence-corrected chi connectivity index (χ0v) is 17.1. The third-order valence-electron chi connectivity index (χ3n) is 6.01. The van der Waals surface area contributed by atoms with Crippen LogP contribution in [-0.4, -0.2) is 31.5 Å². The van der Waals surface area contributed by atoms with Gasteiger partial charge in [-0.3, -0.25) is 14.9 Å². The first-order valence-electron chi connectivity index (χ1n) is 10.1. The van der Waals surface area contributed by atoms with Gasteiger partial charge in [0.15, 0.2) is 0 Å². The Balaban J connectivity index is 1.54. The van der Waals surface area contributed by atoms with Gasteiger partial charge in [-0.05, 0) is 37.8 Å². The number of hydrogen-bond donors (Lipinski definition) is 3. The minimum atomic E-state index is -0.458. The second kappa shape index (κ2) is 7.70. The predicted molar refractivity (Wildman–Crippen MR) is 115 cm³/mol. The maximum absolute atomic E-state index is 12.8. The number of anilines is 1. The number of benzene rings is 1. The summed E-state index contributed by atoms with van der Waals surface area (Å²) in [6.07, 6.45) is 7.65. The second-order valence-corrected chi connectivity index (χ2v) is 7.63. The molecule has 2 heterocycles. The molecular formula is C22H25N7O. The van der Waals surface area contributed by atoms with E-state index in [1.165, 1.54) is 0 Å². The van der Waals surface area contributed by atoms with E-state index >= 15 is 0 Å². The van der Waals surface area contributed by atoms with E-state index in [-0.39, 0.29) is 17.7 Å². The first kappa shape index (κ1) is 19.8. The van der Waals surface area contributed by atoms with Crippen molar-refractivity contribution in [2.24, 2.45) is 0 Å². The largest absolute Gasteiger partial charge is 0.368 e. The number of nitrogens with zero attached hydrogens (tertiary/aromatic N) is 4. The average molecular weight is 403 g/mol. The van der Waals surface area contributed by atoms with Crippen molar-refractivity contribution >= 4 is 17.7 Å². The molecule has 1 aliphatic rings. The molecule has 154 valence electrons. The SMILES string of the molecule is CCn1ncc(C(=O)NC(=N)C2(c3ccc(-c4cnc(N)nc4)cc3)CCC2)c1C. The normalized spacial score (nSPS) is 14.7. The smallest absolute Gasteiger partial charge is 0.260 e. The number of amidine groups is 1. The van der Waals surface area contributed by atoms with Crippen molar-refractivity contribution in [3.8, 4) is 11.1 Å². The van der Waals surface area contributed by atoms with Crippen molar-refractivity contribution in [2.75, 3.05) is 5.73 Å². The number of nitrogen functional groups attached to an aromatic ring is 1. The Morgan fingerprint density at radius 1 is 1.17 bits per heavy atom. The lowest BCUT2D eigenvalue weighted by Gasteiger charge is -2.42. The highest BCUT2D eigenvalue weighted by Gasteiger charge is 2.43. The Morgan fingerprint density at radius 2 is 1.83 bits per heavy atom. The van der Waals surface area contributed by atoms with Gasteiger partial charge in [-0.15, -0.1) is 0 Å². The molecule has 1 amide bonds. The first-order chi connectivity index (χ1) is 14.4. The zero-order chi connectivity index (χ0) is 21.3. The van der Waals surface area contributed by atoms with Crippen molar-refractivity contribution in [3.05, 3.63) is 59.7 Å². The van der Waals surface area contributed by atoms with E-state index < -0.39 is 5.41 Å². The van der Waals surface area contributed by atoms with Crippen LogP contribution in [0.5, 0.6) is 0 Å². The molecule has 0 saturated heterocycles. The summed E-state index contributed by atoms with van der Waals surface area (Å²) in [6.45, 7) is 4.55. The van der Waals surface area contributed by atoms with Crippen LogP contribution < -0.4 is 11.1 Å². The van der Waals surface area contributed by atoms with E-state index in [0.29, 0.717) is 12.1 Å². The fourth-order valence-corrected chi connectivity index (χ4v) is 3.97. The molecule has 1 aromatic carbocycles. The number of aryl methyl sites for hydroxylation is 1. The lowest BCUT2D eigenvalue weighted by Crippen LogP contribution is -2.50. The minimum absolute atomic E-state index is 0.242. The van der Waals surface area contributed by atoms with Crippen LogP contribution in [0, 0.1) is 12.3 Å². The van der Waals surface area contributed by atoms with E-state index in [1.807, 2.05) is 38.1 Å². The number of nitrogens with two attached hydrogens (primary N) is 1. The van der Waals surface area contributed by atoms with Crippen molar-refractivity contribution in [3.63, 3.8) is 0 Å². The van der Waals surface area contributed by atoms with Gasteiger partial charge in [0.05, 0.1) is 17.2 Å². The van der Waals surface area contributed by atoms with Crippen LogP contribution in [0.1, 0.15) is 47.8 Å². The molecule has 0 unspecified atom stereocenters. The molecular weight excluding hydrogens is 378 g/mol. The van der Waals surface area contributed by atoms with E-state index in [4.69, 9.17) is 11.1 Å². The predicted octanol–water partition coefficient (Wildman–Crippen LogP) is 3.08. The summed E-state index contributed by atoms with van der Waals surface area (Å²) in [5, 5.41) is 15.7. The van der Waals surface area contributed by atoms with Gasteiger partial charge in [-0.2, -0.15) is 5.10 Å². The molecule has 4 N–H and O–H groups in total. The van der Waals surface area contributed by atoms with E-state index in [2.05, 4.69) is 20.4 Å². The third kappa shape index (κ3) is 3.34. The van der Waals surface area contributed by atoms with Crippen LogP contribution in [0.3, 0.4) is 0 Å². The standard InChI is InChI=1S/C22H25N7O/c1-3-29-14(2)18(13-27-29)19(30)28-20(23)22(9-4-10-22)17-7-5-15(6-8-17)16-11-25-21(24)26-12-16/h5-8,11-13H,3-4,9-10H2,1-2H3,(H2,23,28,30)(H2,24,25,26). The molecule has 8 nitrogen and oxygen atoms in total. The number of amides is 1. The Hall–Kier alpha value is -3.55. The Kier molecular flexibility index (Phi) is 5.07. The molecule has 0 radical (unpaired) electrons. The monoisotopic (exact) mass is 403 g/mol. The molecule has 0 atom stereocenters. The fraction of sp³-hybridized carbons (Fsp3) is 0.318. The summed E-state index contributed by atoms with van der Waals surface area (Å²) in [5.41, 5.74) is 9.30. The van der Waals surface area contributed by atoms with Gasteiger partial charge >= 0.3 is 0 Å². The Bertz CT molecular complexity index is 1080. The van der Waals surface area contributed by atoms with Crippen LogP contribution >= 0.6 is 0 Å². The Morgan fingerprint density at radius 3 is 2.37 bits per heavy atom. The molecule has 0 bridgehead atoms. The quantitative estimate of drug-likeness (QED) is 0.446. The molecule has 30 heavy (non-hydrogen) atoms. The molecule has 0 aliphatic heterocycles. The third-order valence-corrected chi connectivity index (χ3v) is 6.01. The second-order valence-electron chi connectivity index (χ2n) is 7.63. The molecule has 3 aromatic rings. The van der Waals surface area contributed by atoms with E-state index in [1.54, 1.807) is 23.3 Å². The van der Waals surface area contributed by atoms with Crippen molar-refractivity contribution in [1.82, 2.24) is 25.1 Å². The van der Waals surface area contributed by atoms with Crippen LogP contribution in [0.15, 0.2) is 42.9 Å². The average Bonchev–Trinajstić information content (AvgIpc) is 3.09. The van der Waals surface area contributed by atoms with Gasteiger partial charge in [-0.1, -0.05) is 30.7 Å². The minimum Gasteiger partial charge on any atom is -0.368 e. The highest BCUT2D eigenvalue weighted by Crippen LogP contribution is 2.44. The fourth-order valence-electron chi connectivity index (χ4n) is 3.97. The zero-order valence-electron chi connectivity index (χ0n) is 17.1. The number of rotatable bonds is 5. The number of carbonyl (C=O) groups is 1. The molecule has 8 heteroatoms. The van der Waals surface area contributed by atoms with Crippen LogP contribution in [-0.2, 0) is 12.0 Å². The highest BCUT2D eigenvalue weighted by molar-refractivity contribution is 6.09. The Labute approximate surface area is 175 Å². The molecule has 4 rings (SSSR count). The lowest BCUT2D eigenvalue weighted by atomic mass is 9.63. The van der Waals surface area contributed by atoms with E-state index in [0.717, 1.165) is 41.6 Å². The molecule has 1 aliphatic carbocycles. The van der Waals surface area contributed by atoms with Crippen LogP contribution in [0.25, 0.3) is 11.1 Å². The van der Waals surface area contributed by atoms with Gasteiger partial charge in [0, 0.05) is 30.2 Å². The number of aromatic nitrogens is 4. The summed E-state index contributed by atoms with van der Waals surface area (Å²) in [5.74, 6) is 0.206. The number of nitrogens with one attached hydrogen (secondary N) is 2. The van der Waals surface area contributed by atoms with Gasteiger partial charge in [-0.25, -0.2) is 9.97 Å². The summed E-state index contributed by atoms with van der Waals surface area (Å²) in [7, 11) is 0. The molecule has 1 saturated carbocycles. The highest BCUT2D eigenvalue weighted by atomic mass is 16.1. The number of hydrogen-bond acceptors (Lipinski definition) is 6. The van der Waals surface area contributed by atoms with Crippen LogP contribution in [0.2, 0.25) is 0 Å². The maximum Gasteiger partial charge on any atom is 0.260 e. The van der Waals surface area contributed by atoms with Crippen LogP contribution in [0.4, 0.5) is 5.95 Å². The van der Waals surface area contributed by atoms with E-state index in [9.17, 15) is 4.79 Å². The summed E-state index contributed by atoms with van der Waals surface area (Å²) >= 11 is 0. The topological polar surface area (TPSA) is 123 Å². The van der Waals surface area contributed by atoms with Gasteiger partial charge in [0.2, 0.25) is 5.95 Å². The number of carbonyl (C=O) groups excluding carboxylic acids is 1. The molecule has 0 spiro atoms. The first-order valence-corrected chi connectivity index (χ1v) is 10.1. The van der Waals surface area contributed by atoms with Gasteiger partial charge in [0.1, 0.15) is 5.84 Å². The van der Waals surface area contributed by atoms with Crippen molar-refractivity contribution in [2.45, 2.75) is 45.1 Å². The lowest BCUT2D eigenvalue weighted by molar-refractivity contribution is 0.0971. The summed E-state index contributed by atoms with van der Waals surface area (Å²) in [6, 6.07) is 8.03. The van der Waals surface area contributed by atoms with Crippen molar-refractivity contribution < 1.29 is 4.79 Å².